The molecule has 0 saturated carbocycles. The minimum Gasteiger partial charge on any atom is -0.462 e. The fourth-order valence-electron chi connectivity index (χ4n) is 4.14. The second-order valence-electron chi connectivity index (χ2n) is 8.08. The Morgan fingerprint density at radius 3 is 2.65 bits per heavy atom. The quantitative estimate of drug-likeness (QED) is 0.695. The Bertz CT molecular complexity index is 979. The largest absolute Gasteiger partial charge is 0.462 e. The van der Waals surface area contributed by atoms with Crippen LogP contribution in [0.1, 0.15) is 63.0 Å². The summed E-state index contributed by atoms with van der Waals surface area (Å²) in [5, 5.41) is 3.02. The highest BCUT2D eigenvalue weighted by atomic mass is 16.5. The van der Waals surface area contributed by atoms with Crippen molar-refractivity contribution in [2.45, 2.75) is 47.1 Å². The van der Waals surface area contributed by atoms with Crippen LogP contribution in [-0.4, -0.2) is 47.4 Å². The molecule has 0 radical (unpaired) electrons. The summed E-state index contributed by atoms with van der Waals surface area (Å²) in [4.78, 5) is 42.9. The number of aryl methyl sites for hydroxylation is 2. The maximum absolute atomic E-state index is 13.2. The fraction of sp³-hybridized carbons (Fsp3) is 0.458. The Morgan fingerprint density at radius 1 is 1.19 bits per heavy atom. The van der Waals surface area contributed by atoms with Crippen LogP contribution in [0.3, 0.4) is 0 Å². The minimum atomic E-state index is -0.431. The Kier molecular flexibility index (Phi) is 7.15. The van der Waals surface area contributed by atoms with Crippen LogP contribution in [0.2, 0.25) is 0 Å². The maximum Gasteiger partial charge on any atom is 0.340 e. The first-order valence-corrected chi connectivity index (χ1v) is 10.8. The Morgan fingerprint density at radius 2 is 1.94 bits per heavy atom. The van der Waals surface area contributed by atoms with E-state index in [1.54, 1.807) is 25.7 Å². The van der Waals surface area contributed by atoms with Crippen LogP contribution < -0.4 is 5.32 Å². The van der Waals surface area contributed by atoms with Crippen molar-refractivity contribution < 1.29 is 19.1 Å². The predicted molar refractivity (Wildman–Crippen MR) is 118 cm³/mol. The number of hydrogen-bond acceptors (Lipinski definition) is 4. The van der Waals surface area contributed by atoms with Gasteiger partial charge in [-0.05, 0) is 57.2 Å². The van der Waals surface area contributed by atoms with Crippen LogP contribution >= 0.6 is 0 Å². The first kappa shape index (κ1) is 22.6. The normalized spacial score (nSPS) is 16.1. The fourth-order valence-corrected chi connectivity index (χ4v) is 4.14. The van der Waals surface area contributed by atoms with Gasteiger partial charge in [-0.3, -0.25) is 9.59 Å². The number of nitrogens with one attached hydrogen (secondary N) is 2. The molecule has 7 nitrogen and oxygen atoms in total. The number of hydrogen-bond donors (Lipinski definition) is 2. The number of ether oxygens (including phenoxy) is 1. The molecule has 1 aromatic carbocycles. The summed E-state index contributed by atoms with van der Waals surface area (Å²) in [6, 6.07) is 7.96. The van der Waals surface area contributed by atoms with E-state index in [4.69, 9.17) is 4.74 Å². The molecule has 2 aromatic rings. The zero-order chi connectivity index (χ0) is 22.5. The number of nitrogens with zero attached hydrogens (tertiary/aromatic N) is 1. The summed E-state index contributed by atoms with van der Waals surface area (Å²) in [7, 11) is 0. The molecule has 0 unspecified atom stereocenters. The van der Waals surface area contributed by atoms with Gasteiger partial charge in [0.1, 0.15) is 5.69 Å². The highest BCUT2D eigenvalue weighted by Crippen LogP contribution is 2.24. The SMILES string of the molecule is CCOC(=O)c1c(C)[nH]c(C(=O)N2CCC[C@H](C(=O)NCc3ccccc3C)C2)c1C. The minimum absolute atomic E-state index is 0.0349. The van der Waals surface area contributed by atoms with Gasteiger partial charge in [-0.15, -0.1) is 0 Å². The summed E-state index contributed by atoms with van der Waals surface area (Å²) < 4.78 is 5.11. The van der Waals surface area contributed by atoms with Crippen molar-refractivity contribution in [2.24, 2.45) is 5.92 Å². The monoisotopic (exact) mass is 425 g/mol. The second kappa shape index (κ2) is 9.81. The average Bonchev–Trinajstić information content (AvgIpc) is 3.06. The number of aromatic amines is 1. The third kappa shape index (κ3) is 4.98. The van der Waals surface area contributed by atoms with Gasteiger partial charge in [-0.25, -0.2) is 4.79 Å². The lowest BCUT2D eigenvalue weighted by Crippen LogP contribution is -2.45. The average molecular weight is 426 g/mol. The van der Waals surface area contributed by atoms with E-state index in [2.05, 4.69) is 10.3 Å². The molecule has 2 heterocycles. The summed E-state index contributed by atoms with van der Waals surface area (Å²) in [6.07, 6.45) is 1.51. The van der Waals surface area contributed by atoms with Crippen LogP contribution in [0, 0.1) is 26.7 Å². The van der Waals surface area contributed by atoms with Gasteiger partial charge in [0.05, 0.1) is 18.1 Å². The first-order valence-electron chi connectivity index (χ1n) is 10.8. The molecule has 2 N–H and O–H groups in total. The molecular formula is C24H31N3O4. The van der Waals surface area contributed by atoms with Gasteiger partial charge in [-0.1, -0.05) is 24.3 Å². The highest BCUT2D eigenvalue weighted by molar-refractivity contribution is 6.00. The number of carbonyl (C=O) groups is 3. The van der Waals surface area contributed by atoms with Crippen molar-refractivity contribution >= 4 is 17.8 Å². The van der Waals surface area contributed by atoms with Crippen LogP contribution in [0.5, 0.6) is 0 Å². The molecule has 7 heteroatoms. The Balaban J connectivity index is 1.67. The van der Waals surface area contributed by atoms with E-state index in [9.17, 15) is 14.4 Å². The molecule has 1 fully saturated rings. The second-order valence-corrected chi connectivity index (χ2v) is 8.08. The number of piperidine rings is 1. The van der Waals surface area contributed by atoms with Gasteiger partial charge in [0.15, 0.2) is 0 Å². The molecule has 166 valence electrons. The lowest BCUT2D eigenvalue weighted by Gasteiger charge is -2.32. The number of aromatic nitrogens is 1. The van der Waals surface area contributed by atoms with Crippen molar-refractivity contribution in [1.82, 2.24) is 15.2 Å². The van der Waals surface area contributed by atoms with Gasteiger partial charge < -0.3 is 19.9 Å². The van der Waals surface area contributed by atoms with Gasteiger partial charge in [-0.2, -0.15) is 0 Å². The van der Waals surface area contributed by atoms with Crippen molar-refractivity contribution in [3.05, 3.63) is 57.9 Å². The molecule has 1 aromatic heterocycles. The summed E-state index contributed by atoms with van der Waals surface area (Å²) in [5.41, 5.74) is 4.23. The third-order valence-electron chi connectivity index (χ3n) is 5.92. The van der Waals surface area contributed by atoms with Crippen LogP contribution in [-0.2, 0) is 16.1 Å². The van der Waals surface area contributed by atoms with Crippen molar-refractivity contribution in [3.8, 4) is 0 Å². The number of likely N-dealkylation sites (tertiary alicyclic amines) is 1. The molecule has 1 aliphatic rings. The molecule has 3 rings (SSSR count). The highest BCUT2D eigenvalue weighted by Gasteiger charge is 2.31. The van der Waals surface area contributed by atoms with E-state index >= 15 is 0 Å². The molecule has 1 saturated heterocycles. The lowest BCUT2D eigenvalue weighted by atomic mass is 9.96. The molecule has 0 spiro atoms. The predicted octanol–water partition coefficient (Wildman–Crippen LogP) is 3.29. The topological polar surface area (TPSA) is 91.5 Å². The lowest BCUT2D eigenvalue weighted by molar-refractivity contribution is -0.126. The third-order valence-corrected chi connectivity index (χ3v) is 5.92. The van der Waals surface area contributed by atoms with Crippen molar-refractivity contribution in [2.75, 3.05) is 19.7 Å². The van der Waals surface area contributed by atoms with E-state index in [1.165, 1.54) is 0 Å². The van der Waals surface area contributed by atoms with Crippen molar-refractivity contribution in [1.29, 1.82) is 0 Å². The van der Waals surface area contributed by atoms with E-state index < -0.39 is 5.97 Å². The standard InChI is InChI=1S/C24H31N3O4/c1-5-31-24(30)20-16(3)21(26-17(20)4)23(29)27-12-8-11-19(14-27)22(28)25-13-18-10-7-6-9-15(18)2/h6-7,9-10,19,26H,5,8,11-14H2,1-4H3,(H,25,28)/t19-/m0/s1. The molecule has 2 amide bonds. The van der Waals surface area contributed by atoms with Crippen LogP contribution in [0.4, 0.5) is 0 Å². The number of rotatable bonds is 6. The molecule has 0 aliphatic carbocycles. The number of esters is 1. The van der Waals surface area contributed by atoms with Crippen LogP contribution in [0.15, 0.2) is 24.3 Å². The molecule has 1 aliphatic heterocycles. The molecular weight excluding hydrogens is 394 g/mol. The van der Waals surface area contributed by atoms with E-state index in [0.717, 1.165) is 24.0 Å². The van der Waals surface area contributed by atoms with Crippen molar-refractivity contribution in [3.63, 3.8) is 0 Å². The Hall–Kier alpha value is -3.09. The number of carbonyl (C=O) groups excluding carboxylic acids is 3. The summed E-state index contributed by atoms with van der Waals surface area (Å²) in [6.45, 7) is 8.99. The first-order chi connectivity index (χ1) is 14.8. The molecule has 0 bridgehead atoms. The smallest absolute Gasteiger partial charge is 0.340 e. The summed E-state index contributed by atoms with van der Waals surface area (Å²) in [5.74, 6) is -0.901. The van der Waals surface area contributed by atoms with Gasteiger partial charge in [0, 0.05) is 25.3 Å². The summed E-state index contributed by atoms with van der Waals surface area (Å²) >= 11 is 0. The number of benzene rings is 1. The molecule has 1 atom stereocenters. The zero-order valence-corrected chi connectivity index (χ0v) is 18.7. The zero-order valence-electron chi connectivity index (χ0n) is 18.7. The number of amides is 2. The van der Waals surface area contributed by atoms with E-state index in [0.29, 0.717) is 42.1 Å². The van der Waals surface area contributed by atoms with Gasteiger partial charge in [0.25, 0.3) is 5.91 Å². The van der Waals surface area contributed by atoms with Crippen LogP contribution in [0.25, 0.3) is 0 Å². The molecule has 31 heavy (non-hydrogen) atoms. The Labute approximate surface area is 183 Å². The van der Waals surface area contributed by atoms with Gasteiger partial charge >= 0.3 is 5.97 Å². The van der Waals surface area contributed by atoms with E-state index in [-0.39, 0.29) is 24.3 Å². The van der Waals surface area contributed by atoms with E-state index in [1.807, 2.05) is 31.2 Å². The number of H-pyrrole nitrogens is 1. The van der Waals surface area contributed by atoms with Gasteiger partial charge in [0.2, 0.25) is 5.91 Å². The maximum atomic E-state index is 13.2.